The molecule has 0 aromatic heterocycles. The fraction of sp³-hybridized carbons (Fsp3) is 0.571. The highest BCUT2D eigenvalue weighted by Gasteiger charge is 2.19. The van der Waals surface area contributed by atoms with Gasteiger partial charge in [-0.2, -0.15) is 0 Å². The Balaban J connectivity index is 2.24. The Bertz CT molecular complexity index is 384. The standard InChI is InChI=1S/C14H22N2O/c1-3-6-17-14-8-12(10(2)7-13(14)15)11-4-5-16-9-11/h7-8,11,16H,3-6,9,15H2,1-2H3. The summed E-state index contributed by atoms with van der Waals surface area (Å²) in [5, 5.41) is 3.40. The Labute approximate surface area is 103 Å². The third-order valence-electron chi connectivity index (χ3n) is 3.36. The minimum atomic E-state index is 0.611. The Hall–Kier alpha value is -1.22. The number of ether oxygens (including phenoxy) is 1. The van der Waals surface area contributed by atoms with Gasteiger partial charge in [0.15, 0.2) is 0 Å². The van der Waals surface area contributed by atoms with Gasteiger partial charge in [0.25, 0.3) is 0 Å². The minimum Gasteiger partial charge on any atom is -0.491 e. The van der Waals surface area contributed by atoms with Crippen LogP contribution in [-0.4, -0.2) is 19.7 Å². The third kappa shape index (κ3) is 2.72. The first-order chi connectivity index (χ1) is 8.22. The van der Waals surface area contributed by atoms with Gasteiger partial charge in [-0.25, -0.2) is 0 Å². The molecule has 1 unspecified atom stereocenters. The van der Waals surface area contributed by atoms with Crippen LogP contribution in [0.5, 0.6) is 5.75 Å². The monoisotopic (exact) mass is 234 g/mol. The molecule has 1 aromatic rings. The topological polar surface area (TPSA) is 47.3 Å². The molecule has 3 nitrogen and oxygen atoms in total. The molecular weight excluding hydrogens is 212 g/mol. The van der Waals surface area contributed by atoms with Crippen molar-refractivity contribution in [1.29, 1.82) is 0 Å². The van der Waals surface area contributed by atoms with Gasteiger partial charge < -0.3 is 15.8 Å². The van der Waals surface area contributed by atoms with Crippen molar-refractivity contribution in [3.63, 3.8) is 0 Å². The van der Waals surface area contributed by atoms with E-state index in [1.165, 1.54) is 17.5 Å². The molecule has 1 aliphatic rings. The number of hydrogen-bond acceptors (Lipinski definition) is 3. The lowest BCUT2D eigenvalue weighted by molar-refractivity contribution is 0.318. The van der Waals surface area contributed by atoms with E-state index < -0.39 is 0 Å². The number of nitrogens with two attached hydrogens (primary N) is 1. The van der Waals surface area contributed by atoms with Crippen LogP contribution < -0.4 is 15.8 Å². The van der Waals surface area contributed by atoms with Gasteiger partial charge in [0.1, 0.15) is 5.75 Å². The fourth-order valence-electron chi connectivity index (χ4n) is 2.42. The van der Waals surface area contributed by atoms with E-state index in [1.807, 2.05) is 6.07 Å². The molecule has 2 rings (SSSR count). The Morgan fingerprint density at radius 1 is 1.47 bits per heavy atom. The molecule has 1 atom stereocenters. The van der Waals surface area contributed by atoms with Crippen molar-refractivity contribution >= 4 is 5.69 Å². The largest absolute Gasteiger partial charge is 0.491 e. The molecule has 1 fully saturated rings. The highest BCUT2D eigenvalue weighted by Crippen LogP contribution is 2.32. The first-order valence-electron chi connectivity index (χ1n) is 6.46. The van der Waals surface area contributed by atoms with Gasteiger partial charge >= 0.3 is 0 Å². The molecule has 3 N–H and O–H groups in total. The predicted octanol–water partition coefficient (Wildman–Crippen LogP) is 2.44. The summed E-state index contributed by atoms with van der Waals surface area (Å²) >= 11 is 0. The van der Waals surface area contributed by atoms with Crippen LogP contribution in [0.3, 0.4) is 0 Å². The Morgan fingerprint density at radius 3 is 2.94 bits per heavy atom. The van der Waals surface area contributed by atoms with Crippen LogP contribution in [0.1, 0.15) is 36.8 Å². The van der Waals surface area contributed by atoms with Crippen molar-refractivity contribution in [2.75, 3.05) is 25.4 Å². The summed E-state index contributed by atoms with van der Waals surface area (Å²) in [6.45, 7) is 7.15. The number of hydrogen-bond donors (Lipinski definition) is 2. The first-order valence-corrected chi connectivity index (χ1v) is 6.46. The molecule has 1 saturated heterocycles. The second-order valence-corrected chi connectivity index (χ2v) is 4.78. The van der Waals surface area contributed by atoms with E-state index in [0.717, 1.165) is 37.6 Å². The van der Waals surface area contributed by atoms with Crippen LogP contribution in [0.15, 0.2) is 12.1 Å². The average Bonchev–Trinajstić information content (AvgIpc) is 2.81. The fourth-order valence-corrected chi connectivity index (χ4v) is 2.42. The Kier molecular flexibility index (Phi) is 3.89. The van der Waals surface area contributed by atoms with E-state index in [0.29, 0.717) is 5.92 Å². The van der Waals surface area contributed by atoms with E-state index in [1.54, 1.807) is 0 Å². The van der Waals surface area contributed by atoms with Gasteiger partial charge in [-0.1, -0.05) is 6.92 Å². The highest BCUT2D eigenvalue weighted by molar-refractivity contribution is 5.57. The molecule has 3 heteroatoms. The van der Waals surface area contributed by atoms with Crippen molar-refractivity contribution in [1.82, 2.24) is 5.32 Å². The van der Waals surface area contributed by atoms with Crippen LogP contribution in [-0.2, 0) is 0 Å². The molecule has 94 valence electrons. The summed E-state index contributed by atoms with van der Waals surface area (Å²) < 4.78 is 5.70. The third-order valence-corrected chi connectivity index (χ3v) is 3.36. The number of benzene rings is 1. The molecule has 0 amide bonds. The molecule has 0 saturated carbocycles. The predicted molar refractivity (Wildman–Crippen MR) is 71.6 cm³/mol. The lowest BCUT2D eigenvalue weighted by Crippen LogP contribution is -2.09. The van der Waals surface area contributed by atoms with Gasteiger partial charge in [0.05, 0.1) is 12.3 Å². The van der Waals surface area contributed by atoms with Crippen LogP contribution in [0, 0.1) is 6.92 Å². The molecule has 1 aromatic carbocycles. The molecule has 17 heavy (non-hydrogen) atoms. The maximum Gasteiger partial charge on any atom is 0.142 e. The van der Waals surface area contributed by atoms with E-state index in [9.17, 15) is 0 Å². The van der Waals surface area contributed by atoms with Gasteiger partial charge in [-0.15, -0.1) is 0 Å². The van der Waals surface area contributed by atoms with Gasteiger partial charge in [0.2, 0.25) is 0 Å². The van der Waals surface area contributed by atoms with Crippen molar-refractivity contribution in [2.45, 2.75) is 32.6 Å². The lowest BCUT2D eigenvalue weighted by atomic mass is 9.93. The van der Waals surface area contributed by atoms with Crippen LogP contribution in [0.4, 0.5) is 5.69 Å². The molecular formula is C14H22N2O. The van der Waals surface area contributed by atoms with Crippen molar-refractivity contribution in [3.8, 4) is 5.75 Å². The Morgan fingerprint density at radius 2 is 2.29 bits per heavy atom. The minimum absolute atomic E-state index is 0.611. The molecule has 1 heterocycles. The highest BCUT2D eigenvalue weighted by atomic mass is 16.5. The summed E-state index contributed by atoms with van der Waals surface area (Å²) in [6.07, 6.45) is 2.21. The number of aryl methyl sites for hydroxylation is 1. The number of nitrogens with one attached hydrogen (secondary N) is 1. The number of nitrogen functional groups attached to an aromatic ring is 1. The van der Waals surface area contributed by atoms with Crippen molar-refractivity contribution < 1.29 is 4.74 Å². The summed E-state index contributed by atoms with van der Waals surface area (Å²) in [6, 6.07) is 4.18. The van der Waals surface area contributed by atoms with Crippen molar-refractivity contribution in [3.05, 3.63) is 23.3 Å². The van der Waals surface area contributed by atoms with Crippen LogP contribution >= 0.6 is 0 Å². The first kappa shape index (κ1) is 12.2. The molecule has 0 spiro atoms. The number of rotatable bonds is 4. The van der Waals surface area contributed by atoms with Gasteiger partial charge in [0, 0.05) is 6.54 Å². The van der Waals surface area contributed by atoms with E-state index in [2.05, 4.69) is 25.2 Å². The lowest BCUT2D eigenvalue weighted by Gasteiger charge is -2.16. The second kappa shape index (κ2) is 5.41. The molecule has 1 aliphatic heterocycles. The van der Waals surface area contributed by atoms with E-state index >= 15 is 0 Å². The van der Waals surface area contributed by atoms with Gasteiger partial charge in [-0.05, 0) is 55.5 Å². The smallest absolute Gasteiger partial charge is 0.142 e. The second-order valence-electron chi connectivity index (χ2n) is 4.78. The zero-order chi connectivity index (χ0) is 12.3. The maximum absolute atomic E-state index is 5.99. The van der Waals surface area contributed by atoms with E-state index in [4.69, 9.17) is 10.5 Å². The zero-order valence-electron chi connectivity index (χ0n) is 10.8. The normalized spacial score (nSPS) is 19.5. The van der Waals surface area contributed by atoms with Gasteiger partial charge in [-0.3, -0.25) is 0 Å². The summed E-state index contributed by atoms with van der Waals surface area (Å²) in [4.78, 5) is 0. The summed E-state index contributed by atoms with van der Waals surface area (Å²) in [7, 11) is 0. The molecule has 0 radical (unpaired) electrons. The zero-order valence-corrected chi connectivity index (χ0v) is 10.8. The SMILES string of the molecule is CCCOc1cc(C2CCNC2)c(C)cc1N. The summed E-state index contributed by atoms with van der Waals surface area (Å²) in [5.41, 5.74) is 9.41. The average molecular weight is 234 g/mol. The maximum atomic E-state index is 5.99. The number of anilines is 1. The van der Waals surface area contributed by atoms with Crippen molar-refractivity contribution in [2.24, 2.45) is 0 Å². The van der Waals surface area contributed by atoms with E-state index in [-0.39, 0.29) is 0 Å². The quantitative estimate of drug-likeness (QED) is 0.787. The molecule has 0 bridgehead atoms. The van der Waals surface area contributed by atoms with Crippen LogP contribution in [0.2, 0.25) is 0 Å². The summed E-state index contributed by atoms with van der Waals surface area (Å²) in [5.74, 6) is 1.46. The van der Waals surface area contributed by atoms with Crippen LogP contribution in [0.25, 0.3) is 0 Å². The molecule has 0 aliphatic carbocycles.